The molecule has 1 aliphatic heterocycles. The minimum absolute atomic E-state index is 0.115. The number of nitrogens with two attached hydrogens (primary N) is 1. The van der Waals surface area contributed by atoms with E-state index in [9.17, 15) is 4.79 Å². The monoisotopic (exact) mass is 347 g/mol. The van der Waals surface area contributed by atoms with Gasteiger partial charge in [0.1, 0.15) is 10.8 Å². The van der Waals surface area contributed by atoms with Crippen LogP contribution in [0.5, 0.6) is 5.88 Å². The minimum atomic E-state index is -0.131. The number of ether oxygens (including phenoxy) is 1. The van der Waals surface area contributed by atoms with Crippen LogP contribution >= 0.6 is 11.6 Å². The highest BCUT2D eigenvalue weighted by atomic mass is 35.5. The number of nitrogen functional groups attached to an aromatic ring is 1. The van der Waals surface area contributed by atoms with E-state index >= 15 is 0 Å². The van der Waals surface area contributed by atoms with Gasteiger partial charge in [-0.15, -0.1) is 5.10 Å². The minimum Gasteiger partial charge on any atom is -0.477 e. The van der Waals surface area contributed by atoms with E-state index in [4.69, 9.17) is 22.1 Å². The summed E-state index contributed by atoms with van der Waals surface area (Å²) < 4.78 is 5.30. The van der Waals surface area contributed by atoms with Gasteiger partial charge in [0.15, 0.2) is 0 Å². The molecule has 24 heavy (non-hydrogen) atoms. The second-order valence-electron chi connectivity index (χ2n) is 5.48. The maximum atomic E-state index is 12.8. The molecule has 0 saturated carbocycles. The number of rotatable bonds is 4. The van der Waals surface area contributed by atoms with Crippen molar-refractivity contribution in [1.82, 2.24) is 20.1 Å². The SMILES string of the molecule is CCOc1ncc(C(=O)N2CCCC2c2ccc(N)nn2)cc1Cl. The Kier molecular flexibility index (Phi) is 4.80. The molecule has 2 aromatic heterocycles. The summed E-state index contributed by atoms with van der Waals surface area (Å²) in [6.45, 7) is 2.96. The molecular formula is C16H18ClN5O2. The Balaban J connectivity index is 1.83. The lowest BCUT2D eigenvalue weighted by Crippen LogP contribution is -2.31. The molecule has 1 aliphatic rings. The van der Waals surface area contributed by atoms with E-state index in [2.05, 4.69) is 15.2 Å². The molecule has 3 rings (SSSR count). The van der Waals surface area contributed by atoms with Crippen molar-refractivity contribution >= 4 is 23.3 Å². The van der Waals surface area contributed by atoms with Crippen molar-refractivity contribution in [2.75, 3.05) is 18.9 Å². The molecule has 0 aliphatic carbocycles. The van der Waals surface area contributed by atoms with Crippen molar-refractivity contribution in [3.05, 3.63) is 40.7 Å². The third-order valence-electron chi connectivity index (χ3n) is 3.90. The van der Waals surface area contributed by atoms with Gasteiger partial charge in [-0.05, 0) is 38.0 Å². The lowest BCUT2D eigenvalue weighted by atomic mass is 10.1. The topological polar surface area (TPSA) is 94.2 Å². The van der Waals surface area contributed by atoms with Crippen molar-refractivity contribution < 1.29 is 9.53 Å². The van der Waals surface area contributed by atoms with Crippen LogP contribution in [0.15, 0.2) is 24.4 Å². The van der Waals surface area contributed by atoms with Gasteiger partial charge in [0.2, 0.25) is 5.88 Å². The number of aromatic nitrogens is 3. The summed E-state index contributed by atoms with van der Waals surface area (Å²) in [6.07, 6.45) is 3.23. The normalized spacial score (nSPS) is 17.1. The van der Waals surface area contributed by atoms with Crippen LogP contribution in [0.4, 0.5) is 5.82 Å². The first-order valence-corrected chi connectivity index (χ1v) is 8.16. The third-order valence-corrected chi connectivity index (χ3v) is 4.17. The van der Waals surface area contributed by atoms with Gasteiger partial charge >= 0.3 is 0 Å². The fraction of sp³-hybridized carbons (Fsp3) is 0.375. The van der Waals surface area contributed by atoms with Gasteiger partial charge < -0.3 is 15.4 Å². The van der Waals surface area contributed by atoms with Crippen molar-refractivity contribution in [3.8, 4) is 5.88 Å². The summed E-state index contributed by atoms with van der Waals surface area (Å²) in [5, 5.41) is 8.31. The van der Waals surface area contributed by atoms with Crippen LogP contribution in [-0.4, -0.2) is 39.1 Å². The Bertz CT molecular complexity index is 738. The van der Waals surface area contributed by atoms with Crippen LogP contribution < -0.4 is 10.5 Å². The Labute approximate surface area is 144 Å². The van der Waals surface area contributed by atoms with Crippen molar-refractivity contribution in [2.24, 2.45) is 0 Å². The molecule has 0 radical (unpaired) electrons. The highest BCUT2D eigenvalue weighted by molar-refractivity contribution is 6.32. The van der Waals surface area contributed by atoms with Crippen LogP contribution in [0, 0.1) is 0 Å². The van der Waals surface area contributed by atoms with Gasteiger partial charge in [-0.2, -0.15) is 5.10 Å². The van der Waals surface area contributed by atoms with Gasteiger partial charge in [-0.1, -0.05) is 11.6 Å². The zero-order valence-corrected chi connectivity index (χ0v) is 14.0. The van der Waals surface area contributed by atoms with E-state index in [1.807, 2.05) is 13.0 Å². The smallest absolute Gasteiger partial charge is 0.256 e. The molecule has 0 bridgehead atoms. The zero-order valence-electron chi connectivity index (χ0n) is 13.3. The second kappa shape index (κ2) is 7.00. The van der Waals surface area contributed by atoms with Gasteiger partial charge in [-0.25, -0.2) is 4.98 Å². The highest BCUT2D eigenvalue weighted by Gasteiger charge is 2.32. The standard InChI is InChI=1S/C16H18ClN5O2/c1-2-24-15-11(17)8-10(9-19-15)16(23)22-7-3-4-13(22)12-5-6-14(18)21-20-12/h5-6,8-9,13H,2-4,7H2,1H3,(H2,18,21). The van der Waals surface area contributed by atoms with Gasteiger partial charge in [0, 0.05) is 12.7 Å². The van der Waals surface area contributed by atoms with Gasteiger partial charge in [0.05, 0.1) is 23.9 Å². The summed E-state index contributed by atoms with van der Waals surface area (Å²) in [5.74, 6) is 0.559. The first-order valence-electron chi connectivity index (χ1n) is 7.78. The quantitative estimate of drug-likeness (QED) is 0.913. The van der Waals surface area contributed by atoms with Crippen LogP contribution in [-0.2, 0) is 0 Å². The molecule has 1 unspecified atom stereocenters. The van der Waals surface area contributed by atoms with E-state index in [-0.39, 0.29) is 11.9 Å². The molecule has 1 saturated heterocycles. The number of carbonyl (C=O) groups excluding carboxylic acids is 1. The Morgan fingerprint density at radius 1 is 1.46 bits per heavy atom. The predicted molar refractivity (Wildman–Crippen MR) is 89.9 cm³/mol. The largest absolute Gasteiger partial charge is 0.477 e. The maximum Gasteiger partial charge on any atom is 0.256 e. The Morgan fingerprint density at radius 3 is 2.96 bits per heavy atom. The van der Waals surface area contributed by atoms with Crippen LogP contribution in [0.1, 0.15) is 41.9 Å². The fourth-order valence-electron chi connectivity index (χ4n) is 2.80. The van der Waals surface area contributed by atoms with Crippen LogP contribution in [0.25, 0.3) is 0 Å². The average molecular weight is 348 g/mol. The van der Waals surface area contributed by atoms with Crippen LogP contribution in [0.2, 0.25) is 5.02 Å². The van der Waals surface area contributed by atoms with Crippen LogP contribution in [0.3, 0.4) is 0 Å². The van der Waals surface area contributed by atoms with E-state index in [1.54, 1.807) is 17.0 Å². The summed E-state index contributed by atoms with van der Waals surface area (Å²) in [4.78, 5) is 18.7. The van der Waals surface area contributed by atoms with Gasteiger partial charge in [0.25, 0.3) is 5.91 Å². The summed E-state index contributed by atoms with van der Waals surface area (Å²) in [7, 11) is 0. The predicted octanol–water partition coefficient (Wildman–Crippen LogP) is 2.48. The summed E-state index contributed by atoms with van der Waals surface area (Å²) in [5.41, 5.74) is 6.74. The number of nitrogens with zero attached hydrogens (tertiary/aromatic N) is 4. The number of halogens is 1. The van der Waals surface area contributed by atoms with Gasteiger partial charge in [-0.3, -0.25) is 4.79 Å². The molecular weight excluding hydrogens is 330 g/mol. The number of amides is 1. The van der Waals surface area contributed by atoms with E-state index in [0.717, 1.165) is 18.5 Å². The first kappa shape index (κ1) is 16.4. The van der Waals surface area contributed by atoms with Crippen molar-refractivity contribution in [3.63, 3.8) is 0 Å². The molecule has 1 atom stereocenters. The molecule has 1 fully saturated rings. The summed E-state index contributed by atoms with van der Waals surface area (Å²) >= 11 is 6.14. The zero-order chi connectivity index (χ0) is 17.1. The molecule has 2 N–H and O–H groups in total. The molecule has 0 aromatic carbocycles. The number of likely N-dealkylation sites (tertiary alicyclic amines) is 1. The number of pyridine rings is 1. The Hall–Kier alpha value is -2.41. The lowest BCUT2D eigenvalue weighted by molar-refractivity contribution is 0.0732. The van der Waals surface area contributed by atoms with E-state index in [0.29, 0.717) is 35.4 Å². The number of hydrogen-bond acceptors (Lipinski definition) is 6. The number of anilines is 1. The molecule has 2 aromatic rings. The van der Waals surface area contributed by atoms with Crippen molar-refractivity contribution in [1.29, 1.82) is 0 Å². The second-order valence-corrected chi connectivity index (χ2v) is 5.89. The molecule has 126 valence electrons. The Morgan fingerprint density at radius 2 is 2.29 bits per heavy atom. The first-order chi connectivity index (χ1) is 11.6. The number of carbonyl (C=O) groups is 1. The highest BCUT2D eigenvalue weighted by Crippen LogP contribution is 2.32. The van der Waals surface area contributed by atoms with E-state index < -0.39 is 0 Å². The molecule has 0 spiro atoms. The lowest BCUT2D eigenvalue weighted by Gasteiger charge is -2.24. The van der Waals surface area contributed by atoms with Crippen molar-refractivity contribution in [2.45, 2.75) is 25.8 Å². The average Bonchev–Trinajstić information content (AvgIpc) is 3.06. The molecule has 1 amide bonds. The molecule has 8 heteroatoms. The maximum absolute atomic E-state index is 12.8. The van der Waals surface area contributed by atoms with E-state index in [1.165, 1.54) is 6.20 Å². The summed E-state index contributed by atoms with van der Waals surface area (Å²) in [6, 6.07) is 4.97. The fourth-order valence-corrected chi connectivity index (χ4v) is 3.02. The molecule has 7 nitrogen and oxygen atoms in total. The molecule has 3 heterocycles. The third kappa shape index (κ3) is 3.26. The number of hydrogen-bond donors (Lipinski definition) is 1.